The van der Waals surface area contributed by atoms with Crippen LogP contribution >= 0.6 is 0 Å². The first kappa shape index (κ1) is 32.5. The highest BCUT2D eigenvalue weighted by Gasteiger charge is 2.29. The Morgan fingerprint density at radius 1 is 1.05 bits per heavy atom. The fourth-order valence-corrected chi connectivity index (χ4v) is 4.08. The highest BCUT2D eigenvalue weighted by molar-refractivity contribution is 6.04. The van der Waals surface area contributed by atoms with E-state index in [9.17, 15) is 19.5 Å². The summed E-state index contributed by atoms with van der Waals surface area (Å²) in [6, 6.07) is 11.8. The molecule has 9 nitrogen and oxygen atoms in total. The SMILES string of the molecule is CCCN(CCc1cccc(OC)c1O)C(=O)N(CC(C)CC)C(=O)c1cccc(CNC(=O)OC(C)(C)C)c1. The second kappa shape index (κ2) is 15.1. The molecule has 0 aliphatic carbocycles. The molecule has 0 saturated heterocycles. The minimum absolute atomic E-state index is 0.0539. The van der Waals surface area contributed by atoms with Crippen LogP contribution in [0.5, 0.6) is 11.5 Å². The number of hydrogen-bond donors (Lipinski definition) is 2. The number of nitrogens with one attached hydrogen (secondary N) is 1. The number of para-hydroxylation sites is 1. The predicted octanol–water partition coefficient (Wildman–Crippen LogP) is 5.99. The molecule has 4 amide bonds. The maximum Gasteiger partial charge on any atom is 0.407 e. The fraction of sp³-hybridized carbons (Fsp3) is 0.516. The molecular formula is C31H45N3O6. The minimum Gasteiger partial charge on any atom is -0.504 e. The Bertz CT molecular complexity index is 1140. The van der Waals surface area contributed by atoms with Gasteiger partial charge in [-0.2, -0.15) is 0 Å². The molecule has 2 rings (SSSR count). The Balaban J connectivity index is 2.25. The molecule has 0 heterocycles. The van der Waals surface area contributed by atoms with Gasteiger partial charge in [0.1, 0.15) is 5.60 Å². The summed E-state index contributed by atoms with van der Waals surface area (Å²) >= 11 is 0. The Kier molecular flexibility index (Phi) is 12.3. The molecule has 40 heavy (non-hydrogen) atoms. The number of phenolic OH excluding ortho intramolecular Hbond substituents is 1. The number of ether oxygens (including phenoxy) is 2. The minimum atomic E-state index is -0.617. The van der Waals surface area contributed by atoms with Crippen molar-refractivity contribution >= 4 is 18.0 Å². The van der Waals surface area contributed by atoms with Crippen LogP contribution in [0.1, 0.15) is 75.9 Å². The lowest BCUT2D eigenvalue weighted by molar-refractivity contribution is 0.0523. The van der Waals surface area contributed by atoms with Crippen LogP contribution in [0, 0.1) is 5.92 Å². The lowest BCUT2D eigenvalue weighted by Gasteiger charge is -2.31. The molecule has 0 spiro atoms. The molecule has 0 saturated carbocycles. The third-order valence-corrected chi connectivity index (χ3v) is 6.39. The summed E-state index contributed by atoms with van der Waals surface area (Å²) in [7, 11) is 1.49. The van der Waals surface area contributed by atoms with E-state index in [0.29, 0.717) is 48.4 Å². The zero-order chi connectivity index (χ0) is 29.9. The smallest absolute Gasteiger partial charge is 0.407 e. The number of alkyl carbamates (subject to hydrolysis) is 1. The van der Waals surface area contributed by atoms with Gasteiger partial charge in [-0.3, -0.25) is 9.69 Å². The van der Waals surface area contributed by atoms with E-state index in [1.165, 1.54) is 12.0 Å². The van der Waals surface area contributed by atoms with Gasteiger partial charge >= 0.3 is 12.1 Å². The maximum atomic E-state index is 13.8. The van der Waals surface area contributed by atoms with Crippen LogP contribution in [0.2, 0.25) is 0 Å². The summed E-state index contributed by atoms with van der Waals surface area (Å²) in [4.78, 5) is 42.6. The monoisotopic (exact) mass is 555 g/mol. The van der Waals surface area contributed by atoms with Gasteiger partial charge in [-0.1, -0.05) is 51.5 Å². The number of imide groups is 1. The van der Waals surface area contributed by atoms with Crippen molar-refractivity contribution < 1.29 is 29.0 Å². The summed E-state index contributed by atoms with van der Waals surface area (Å²) in [6.07, 6.45) is 1.39. The molecule has 1 atom stereocenters. The van der Waals surface area contributed by atoms with Crippen LogP contribution in [0.3, 0.4) is 0 Å². The third-order valence-electron chi connectivity index (χ3n) is 6.39. The quantitative estimate of drug-likeness (QED) is 0.333. The Morgan fingerprint density at radius 3 is 2.38 bits per heavy atom. The highest BCUT2D eigenvalue weighted by Crippen LogP contribution is 2.29. The van der Waals surface area contributed by atoms with Crippen molar-refractivity contribution in [3.8, 4) is 11.5 Å². The molecule has 2 aromatic carbocycles. The Labute approximate surface area is 238 Å². The first-order valence-electron chi connectivity index (χ1n) is 13.9. The summed E-state index contributed by atoms with van der Waals surface area (Å²) in [5.74, 6) is 0.143. The third kappa shape index (κ3) is 9.77. The lowest BCUT2D eigenvalue weighted by atomic mass is 10.1. The van der Waals surface area contributed by atoms with E-state index in [-0.39, 0.29) is 30.8 Å². The van der Waals surface area contributed by atoms with Gasteiger partial charge in [0.2, 0.25) is 0 Å². The Hall–Kier alpha value is -3.75. The van der Waals surface area contributed by atoms with Crippen molar-refractivity contribution in [1.82, 2.24) is 15.1 Å². The molecule has 2 N–H and O–H groups in total. The molecule has 0 radical (unpaired) electrons. The van der Waals surface area contributed by atoms with Gasteiger partial charge in [0, 0.05) is 31.7 Å². The molecule has 2 aromatic rings. The second-order valence-corrected chi connectivity index (χ2v) is 11.0. The van der Waals surface area contributed by atoms with Crippen LogP contribution in [0.15, 0.2) is 42.5 Å². The van der Waals surface area contributed by atoms with Gasteiger partial charge in [0.15, 0.2) is 11.5 Å². The maximum absolute atomic E-state index is 13.8. The number of nitrogens with zero attached hydrogens (tertiary/aromatic N) is 2. The van der Waals surface area contributed by atoms with Crippen molar-refractivity contribution in [3.63, 3.8) is 0 Å². The van der Waals surface area contributed by atoms with Gasteiger partial charge < -0.3 is 24.8 Å². The first-order chi connectivity index (χ1) is 18.9. The van der Waals surface area contributed by atoms with Crippen LogP contribution in [0.25, 0.3) is 0 Å². The number of rotatable bonds is 12. The zero-order valence-corrected chi connectivity index (χ0v) is 25.0. The zero-order valence-electron chi connectivity index (χ0n) is 25.0. The van der Waals surface area contributed by atoms with E-state index in [4.69, 9.17) is 9.47 Å². The number of hydrogen-bond acceptors (Lipinski definition) is 6. The van der Waals surface area contributed by atoms with E-state index in [1.807, 2.05) is 20.8 Å². The van der Waals surface area contributed by atoms with Crippen molar-refractivity contribution in [1.29, 1.82) is 0 Å². The van der Waals surface area contributed by atoms with E-state index < -0.39 is 17.6 Å². The van der Waals surface area contributed by atoms with Gasteiger partial charge in [-0.05, 0) is 68.9 Å². The van der Waals surface area contributed by atoms with E-state index in [0.717, 1.165) is 6.42 Å². The van der Waals surface area contributed by atoms with Gasteiger partial charge in [-0.25, -0.2) is 9.59 Å². The van der Waals surface area contributed by atoms with E-state index in [2.05, 4.69) is 5.32 Å². The highest BCUT2D eigenvalue weighted by atomic mass is 16.6. The molecule has 0 fully saturated rings. The molecule has 1 unspecified atom stereocenters. The van der Waals surface area contributed by atoms with Crippen molar-refractivity contribution in [3.05, 3.63) is 59.2 Å². The predicted molar refractivity (Wildman–Crippen MR) is 156 cm³/mol. The average molecular weight is 556 g/mol. The molecular weight excluding hydrogens is 510 g/mol. The van der Waals surface area contributed by atoms with Gasteiger partial charge in [0.05, 0.1) is 7.11 Å². The standard InChI is InChI=1S/C31H45N3O6/c1-8-17-33(18-16-24-13-11-15-26(39-7)27(24)35)30(38)34(21-22(3)9-2)28(36)25-14-10-12-23(19-25)20-32-29(37)40-31(4,5)6/h10-15,19,22,35H,8-9,16-18,20-21H2,1-7H3,(H,32,37). The number of amides is 4. The van der Waals surface area contributed by atoms with Gasteiger partial charge in [-0.15, -0.1) is 0 Å². The average Bonchev–Trinajstić information content (AvgIpc) is 2.91. The normalized spacial score (nSPS) is 11.9. The van der Waals surface area contributed by atoms with Crippen LogP contribution in [-0.4, -0.2) is 65.3 Å². The molecule has 0 aliphatic rings. The number of carbonyl (C=O) groups excluding carboxylic acids is 3. The number of benzene rings is 2. The van der Waals surface area contributed by atoms with Crippen LogP contribution < -0.4 is 10.1 Å². The summed E-state index contributed by atoms with van der Waals surface area (Å²) in [6.45, 7) is 12.6. The van der Waals surface area contributed by atoms with Crippen molar-refractivity contribution in [2.45, 2.75) is 73.0 Å². The fourth-order valence-electron chi connectivity index (χ4n) is 4.08. The number of phenols is 1. The van der Waals surface area contributed by atoms with E-state index in [1.54, 1.807) is 68.1 Å². The number of carbonyl (C=O) groups is 3. The van der Waals surface area contributed by atoms with Crippen LogP contribution in [0.4, 0.5) is 9.59 Å². The molecule has 0 bridgehead atoms. The van der Waals surface area contributed by atoms with Crippen molar-refractivity contribution in [2.24, 2.45) is 5.92 Å². The largest absolute Gasteiger partial charge is 0.504 e. The summed E-state index contributed by atoms with van der Waals surface area (Å²) < 4.78 is 10.5. The second-order valence-electron chi connectivity index (χ2n) is 11.0. The van der Waals surface area contributed by atoms with Crippen molar-refractivity contribution in [2.75, 3.05) is 26.7 Å². The van der Waals surface area contributed by atoms with Crippen LogP contribution in [-0.2, 0) is 17.7 Å². The number of methoxy groups -OCH3 is 1. The molecule has 9 heteroatoms. The number of urea groups is 1. The molecule has 220 valence electrons. The molecule has 0 aliphatic heterocycles. The summed E-state index contributed by atoms with van der Waals surface area (Å²) in [5, 5.41) is 13.2. The number of aromatic hydroxyl groups is 1. The summed E-state index contributed by atoms with van der Waals surface area (Å²) in [5.41, 5.74) is 1.13. The topological polar surface area (TPSA) is 108 Å². The first-order valence-corrected chi connectivity index (χ1v) is 13.9. The Morgan fingerprint density at radius 2 is 1.75 bits per heavy atom. The van der Waals surface area contributed by atoms with E-state index >= 15 is 0 Å². The molecule has 0 aromatic heterocycles. The van der Waals surface area contributed by atoms with Gasteiger partial charge in [0.25, 0.3) is 5.91 Å². The lowest BCUT2D eigenvalue weighted by Crippen LogP contribution is -2.48.